The third-order valence-corrected chi connectivity index (χ3v) is 2.42. The largest absolute Gasteiger partial charge is 0.385 e. The van der Waals surface area contributed by atoms with Crippen LogP contribution in [0.25, 0.3) is 0 Å². The van der Waals surface area contributed by atoms with E-state index in [0.29, 0.717) is 6.04 Å². The lowest BCUT2D eigenvalue weighted by Gasteiger charge is -2.06. The fraction of sp³-hybridized carbons (Fsp3) is 0.417. The summed E-state index contributed by atoms with van der Waals surface area (Å²) in [5.74, 6) is 0.0391. The summed E-state index contributed by atoms with van der Waals surface area (Å²) in [7, 11) is 0. The number of hydrogen-bond donors (Lipinski definition) is 2. The number of benzene rings is 1. The number of hydrogen-bond acceptors (Lipinski definition) is 2. The Hall–Kier alpha value is -1.51. The minimum atomic E-state index is 0.0391. The van der Waals surface area contributed by atoms with Crippen molar-refractivity contribution in [1.82, 2.24) is 5.32 Å². The van der Waals surface area contributed by atoms with Crippen molar-refractivity contribution in [1.29, 1.82) is 0 Å². The van der Waals surface area contributed by atoms with E-state index in [1.165, 1.54) is 0 Å². The van der Waals surface area contributed by atoms with E-state index in [2.05, 4.69) is 10.6 Å². The number of rotatable bonds is 4. The maximum Gasteiger partial charge on any atom is 0.251 e. The summed E-state index contributed by atoms with van der Waals surface area (Å²) in [5.41, 5.74) is 1.74. The SMILES string of the molecule is CCNc1cccc(C(=O)NC2CC2)c1. The summed E-state index contributed by atoms with van der Waals surface area (Å²) in [4.78, 5) is 11.7. The Balaban J connectivity index is 2.05. The van der Waals surface area contributed by atoms with Gasteiger partial charge in [0.25, 0.3) is 5.91 Å². The van der Waals surface area contributed by atoms with Crippen LogP contribution in [-0.4, -0.2) is 18.5 Å². The van der Waals surface area contributed by atoms with E-state index in [4.69, 9.17) is 0 Å². The zero-order valence-electron chi connectivity index (χ0n) is 8.92. The number of nitrogens with one attached hydrogen (secondary N) is 2. The maximum absolute atomic E-state index is 11.7. The molecule has 1 aromatic carbocycles. The minimum absolute atomic E-state index is 0.0391. The summed E-state index contributed by atoms with van der Waals surface area (Å²) in [6.07, 6.45) is 2.25. The Labute approximate surface area is 89.9 Å². The summed E-state index contributed by atoms with van der Waals surface area (Å²) in [6.45, 7) is 2.91. The van der Waals surface area contributed by atoms with Crippen LogP contribution in [-0.2, 0) is 0 Å². The minimum Gasteiger partial charge on any atom is -0.385 e. The number of carbonyl (C=O) groups excluding carboxylic acids is 1. The van der Waals surface area contributed by atoms with Gasteiger partial charge in [0.2, 0.25) is 0 Å². The smallest absolute Gasteiger partial charge is 0.251 e. The molecule has 1 amide bonds. The lowest BCUT2D eigenvalue weighted by Crippen LogP contribution is -2.25. The number of amides is 1. The first-order valence-corrected chi connectivity index (χ1v) is 5.44. The summed E-state index contributed by atoms with van der Waals surface area (Å²) < 4.78 is 0. The fourth-order valence-electron chi connectivity index (χ4n) is 1.47. The molecule has 1 aliphatic rings. The number of anilines is 1. The molecule has 0 unspecified atom stereocenters. The van der Waals surface area contributed by atoms with Crippen LogP contribution >= 0.6 is 0 Å². The topological polar surface area (TPSA) is 41.1 Å². The van der Waals surface area contributed by atoms with Gasteiger partial charge in [-0.2, -0.15) is 0 Å². The second kappa shape index (κ2) is 4.34. The van der Waals surface area contributed by atoms with Crippen LogP contribution in [0.5, 0.6) is 0 Å². The van der Waals surface area contributed by atoms with Crippen LogP contribution in [0.4, 0.5) is 5.69 Å². The molecule has 3 heteroatoms. The Morgan fingerprint density at radius 1 is 1.47 bits per heavy atom. The van der Waals surface area contributed by atoms with Crippen molar-refractivity contribution in [3.63, 3.8) is 0 Å². The lowest BCUT2D eigenvalue weighted by molar-refractivity contribution is 0.0951. The highest BCUT2D eigenvalue weighted by Gasteiger charge is 2.23. The Bertz CT molecular complexity index is 358. The van der Waals surface area contributed by atoms with Crippen molar-refractivity contribution < 1.29 is 4.79 Å². The van der Waals surface area contributed by atoms with E-state index in [-0.39, 0.29) is 5.91 Å². The van der Waals surface area contributed by atoms with Gasteiger partial charge in [-0.05, 0) is 38.0 Å². The summed E-state index contributed by atoms with van der Waals surface area (Å²) in [6, 6.07) is 8.03. The van der Waals surface area contributed by atoms with Gasteiger partial charge >= 0.3 is 0 Å². The molecule has 1 fully saturated rings. The highest BCUT2D eigenvalue weighted by atomic mass is 16.1. The molecular weight excluding hydrogens is 188 g/mol. The molecule has 0 bridgehead atoms. The van der Waals surface area contributed by atoms with Gasteiger partial charge in [0, 0.05) is 23.8 Å². The normalized spacial score (nSPS) is 14.7. The molecular formula is C12H16N2O. The van der Waals surface area contributed by atoms with Gasteiger partial charge in [-0.1, -0.05) is 6.07 Å². The van der Waals surface area contributed by atoms with E-state index in [0.717, 1.165) is 30.6 Å². The predicted octanol–water partition coefficient (Wildman–Crippen LogP) is 2.01. The van der Waals surface area contributed by atoms with Crippen molar-refractivity contribution in [3.8, 4) is 0 Å². The van der Waals surface area contributed by atoms with Gasteiger partial charge in [0.1, 0.15) is 0 Å². The van der Waals surface area contributed by atoms with Crippen LogP contribution < -0.4 is 10.6 Å². The van der Waals surface area contributed by atoms with Gasteiger partial charge in [-0.15, -0.1) is 0 Å². The van der Waals surface area contributed by atoms with Gasteiger partial charge in [-0.3, -0.25) is 4.79 Å². The lowest BCUT2D eigenvalue weighted by atomic mass is 10.2. The molecule has 80 valence electrons. The van der Waals surface area contributed by atoms with Crippen molar-refractivity contribution in [2.24, 2.45) is 0 Å². The molecule has 0 aliphatic heterocycles. The van der Waals surface area contributed by atoms with Crippen LogP contribution in [0, 0.1) is 0 Å². The predicted molar refractivity (Wildman–Crippen MR) is 61.1 cm³/mol. The van der Waals surface area contributed by atoms with E-state index in [9.17, 15) is 4.79 Å². The first-order valence-electron chi connectivity index (χ1n) is 5.44. The van der Waals surface area contributed by atoms with Crippen LogP contribution in [0.1, 0.15) is 30.1 Å². The third kappa shape index (κ3) is 2.72. The highest BCUT2D eigenvalue weighted by Crippen LogP contribution is 2.19. The van der Waals surface area contributed by atoms with E-state index >= 15 is 0 Å². The van der Waals surface area contributed by atoms with Crippen molar-refractivity contribution in [2.45, 2.75) is 25.8 Å². The molecule has 0 heterocycles. The molecule has 2 rings (SSSR count). The Morgan fingerprint density at radius 3 is 2.93 bits per heavy atom. The van der Waals surface area contributed by atoms with E-state index in [1.54, 1.807) is 0 Å². The zero-order chi connectivity index (χ0) is 10.7. The standard InChI is InChI=1S/C12H16N2O/c1-2-13-11-5-3-4-9(8-11)12(15)14-10-6-7-10/h3-5,8,10,13H,2,6-7H2,1H3,(H,14,15). The first kappa shape index (κ1) is 10.0. The second-order valence-electron chi connectivity index (χ2n) is 3.86. The van der Waals surface area contributed by atoms with Gasteiger partial charge in [0.05, 0.1) is 0 Å². The summed E-state index contributed by atoms with van der Waals surface area (Å²) >= 11 is 0. The quantitative estimate of drug-likeness (QED) is 0.787. The van der Waals surface area contributed by atoms with Crippen molar-refractivity contribution >= 4 is 11.6 Å². The van der Waals surface area contributed by atoms with Crippen LogP contribution in [0.3, 0.4) is 0 Å². The summed E-state index contributed by atoms with van der Waals surface area (Å²) in [5, 5.41) is 6.16. The molecule has 0 spiro atoms. The molecule has 0 aromatic heterocycles. The van der Waals surface area contributed by atoms with Gasteiger partial charge in [0.15, 0.2) is 0 Å². The Kier molecular flexibility index (Phi) is 2.90. The van der Waals surface area contributed by atoms with Crippen LogP contribution in [0.15, 0.2) is 24.3 Å². The molecule has 1 saturated carbocycles. The monoisotopic (exact) mass is 204 g/mol. The molecule has 2 N–H and O–H groups in total. The fourth-order valence-corrected chi connectivity index (χ4v) is 1.47. The van der Waals surface area contributed by atoms with E-state index < -0.39 is 0 Å². The average Bonchev–Trinajstić information content (AvgIpc) is 3.03. The van der Waals surface area contributed by atoms with E-state index in [1.807, 2.05) is 31.2 Å². The molecule has 3 nitrogen and oxygen atoms in total. The molecule has 1 aromatic rings. The maximum atomic E-state index is 11.7. The third-order valence-electron chi connectivity index (χ3n) is 2.42. The molecule has 15 heavy (non-hydrogen) atoms. The average molecular weight is 204 g/mol. The van der Waals surface area contributed by atoms with Crippen molar-refractivity contribution in [3.05, 3.63) is 29.8 Å². The molecule has 0 atom stereocenters. The molecule has 1 aliphatic carbocycles. The van der Waals surface area contributed by atoms with Crippen molar-refractivity contribution in [2.75, 3.05) is 11.9 Å². The first-order chi connectivity index (χ1) is 7.29. The Morgan fingerprint density at radius 2 is 2.27 bits per heavy atom. The highest BCUT2D eigenvalue weighted by molar-refractivity contribution is 5.95. The van der Waals surface area contributed by atoms with Crippen LogP contribution in [0.2, 0.25) is 0 Å². The molecule has 0 saturated heterocycles. The zero-order valence-corrected chi connectivity index (χ0v) is 8.92. The second-order valence-corrected chi connectivity index (χ2v) is 3.86. The van der Waals surface area contributed by atoms with Gasteiger partial charge in [-0.25, -0.2) is 0 Å². The van der Waals surface area contributed by atoms with Gasteiger partial charge < -0.3 is 10.6 Å². The molecule has 0 radical (unpaired) electrons. The number of carbonyl (C=O) groups is 1.